The minimum absolute atomic E-state index is 0.102. The number of carbonyl (C=O) groups is 2. The van der Waals surface area contributed by atoms with Crippen LogP contribution >= 0.6 is 23.2 Å². The first-order valence-electron chi connectivity index (χ1n) is 14.4. The first-order valence-corrected chi connectivity index (χ1v) is 15.2. The number of carbonyl (C=O) groups excluding carboxylic acids is 2. The monoisotopic (exact) mass is 646 g/mol. The van der Waals surface area contributed by atoms with Crippen molar-refractivity contribution in [3.63, 3.8) is 0 Å². The molecule has 0 saturated carbocycles. The average Bonchev–Trinajstić information content (AvgIpc) is 3.03. The summed E-state index contributed by atoms with van der Waals surface area (Å²) in [6.45, 7) is 3.63. The van der Waals surface area contributed by atoms with E-state index in [4.69, 9.17) is 47.4 Å². The van der Waals surface area contributed by atoms with Gasteiger partial charge in [0, 0.05) is 13.2 Å². The minimum atomic E-state index is -2.59. The molecule has 238 valence electrons. The molecule has 0 aliphatic heterocycles. The molecule has 2 N–H and O–H groups in total. The van der Waals surface area contributed by atoms with Crippen LogP contribution in [0.25, 0.3) is 0 Å². The van der Waals surface area contributed by atoms with Crippen molar-refractivity contribution in [2.24, 2.45) is 0 Å². The molecule has 0 fully saturated rings. The van der Waals surface area contributed by atoms with Crippen LogP contribution in [0.3, 0.4) is 0 Å². The Morgan fingerprint density at radius 3 is 1.77 bits per heavy atom. The number of aliphatic hydroxyl groups is 1. The van der Waals surface area contributed by atoms with Crippen LogP contribution in [0.2, 0.25) is 0 Å². The number of unbranched alkanes of at least 4 members (excludes halogenated alkanes) is 3. The lowest BCUT2D eigenvalue weighted by Gasteiger charge is -2.42. The van der Waals surface area contributed by atoms with E-state index < -0.39 is 28.2 Å². The predicted octanol–water partition coefficient (Wildman–Crippen LogP) is 6.57. The minimum Gasteiger partial charge on any atom is -0.497 e. The number of nitrogens with zero attached hydrogens (tertiary/aromatic N) is 1. The van der Waals surface area contributed by atoms with E-state index in [9.17, 15) is 9.59 Å². The number of nitrogens with one attached hydrogen (secondary N) is 1. The zero-order valence-corrected chi connectivity index (χ0v) is 26.9. The number of hydrogen-bond donors (Lipinski definition) is 2. The maximum atomic E-state index is 13.9. The summed E-state index contributed by atoms with van der Waals surface area (Å²) in [5.41, 5.74) is 0.208. The van der Waals surface area contributed by atoms with Crippen LogP contribution in [0.1, 0.15) is 56.2 Å². The van der Waals surface area contributed by atoms with Gasteiger partial charge in [0.05, 0.1) is 20.3 Å². The summed E-state index contributed by atoms with van der Waals surface area (Å²) in [5, 5.41) is 12.5. The highest BCUT2D eigenvalue weighted by Gasteiger charge is 2.52. The standard InChI is InChI=1S/C33H40Cl2N2O7/c1-24(2)43-30(39)33(34,35)37(31(40)36-22-10-5-6-11-23-38)44-32(25-12-8-7-9-13-25,26-14-18-28(41-3)19-15-26)27-16-20-29(42-4)21-17-27/h7-9,12-21,24,38H,5-6,10-11,22-23H2,1-4H3,(H,36,40). The first-order chi connectivity index (χ1) is 21.1. The van der Waals surface area contributed by atoms with Gasteiger partial charge in [-0.15, -0.1) is 0 Å². The smallest absolute Gasteiger partial charge is 0.366 e. The van der Waals surface area contributed by atoms with Gasteiger partial charge in [0.25, 0.3) is 0 Å². The normalized spacial score (nSPS) is 11.6. The van der Waals surface area contributed by atoms with E-state index in [1.54, 1.807) is 76.6 Å². The molecule has 11 heteroatoms. The molecular formula is C33H40Cl2N2O7. The van der Waals surface area contributed by atoms with Crippen LogP contribution < -0.4 is 14.8 Å². The third kappa shape index (κ3) is 8.57. The maximum absolute atomic E-state index is 13.9. The van der Waals surface area contributed by atoms with Gasteiger partial charge in [0.1, 0.15) is 11.5 Å². The lowest BCUT2D eigenvalue weighted by Crippen LogP contribution is -2.57. The summed E-state index contributed by atoms with van der Waals surface area (Å²) in [6.07, 6.45) is 2.29. The molecule has 3 aromatic carbocycles. The Bertz CT molecular complexity index is 1270. The van der Waals surface area contributed by atoms with Crippen LogP contribution in [0, 0.1) is 0 Å². The van der Waals surface area contributed by atoms with Crippen molar-refractivity contribution >= 4 is 35.2 Å². The van der Waals surface area contributed by atoms with Crippen LogP contribution in [0.15, 0.2) is 78.9 Å². The Hall–Kier alpha value is -3.50. The quantitative estimate of drug-likeness (QED) is 0.0452. The van der Waals surface area contributed by atoms with E-state index in [1.165, 1.54) is 0 Å². The molecule has 2 amide bonds. The Labute approximate surface area is 268 Å². The number of hydrogen-bond acceptors (Lipinski definition) is 7. The summed E-state index contributed by atoms with van der Waals surface area (Å²) in [4.78, 5) is 33.9. The molecule has 0 aliphatic rings. The van der Waals surface area contributed by atoms with Gasteiger partial charge in [-0.1, -0.05) is 90.6 Å². The molecule has 0 unspecified atom stereocenters. The summed E-state index contributed by atoms with van der Waals surface area (Å²) >= 11 is 13.4. The Balaban J connectivity index is 2.21. The summed E-state index contributed by atoms with van der Waals surface area (Å²) in [5.74, 6) is 0.122. The van der Waals surface area contributed by atoms with E-state index in [2.05, 4.69) is 5.32 Å². The van der Waals surface area contributed by atoms with Crippen molar-refractivity contribution in [1.82, 2.24) is 10.4 Å². The van der Waals surface area contributed by atoms with Gasteiger partial charge in [-0.2, -0.15) is 5.06 Å². The van der Waals surface area contributed by atoms with Crippen molar-refractivity contribution in [1.29, 1.82) is 0 Å². The van der Waals surface area contributed by atoms with Crippen molar-refractivity contribution in [2.45, 2.75) is 55.7 Å². The highest BCUT2D eigenvalue weighted by Crippen LogP contribution is 2.45. The number of urea groups is 1. The van der Waals surface area contributed by atoms with E-state index in [0.29, 0.717) is 46.1 Å². The number of halogens is 2. The lowest BCUT2D eigenvalue weighted by molar-refractivity contribution is -0.212. The fourth-order valence-corrected chi connectivity index (χ4v) is 4.88. The van der Waals surface area contributed by atoms with Gasteiger partial charge in [-0.05, 0) is 67.6 Å². The van der Waals surface area contributed by atoms with Crippen molar-refractivity contribution in [3.05, 3.63) is 95.6 Å². The molecule has 0 aliphatic carbocycles. The SMILES string of the molecule is COc1ccc(C(ON(C(=O)NCCCCCCO)C(Cl)(Cl)C(=O)OC(C)C)(c2ccccc2)c2ccc(OC)cc2)cc1. The zero-order valence-electron chi connectivity index (χ0n) is 25.4. The van der Waals surface area contributed by atoms with E-state index in [-0.39, 0.29) is 13.2 Å². The number of esters is 1. The van der Waals surface area contributed by atoms with Gasteiger partial charge in [-0.3, -0.25) is 0 Å². The fourth-order valence-electron chi connectivity index (χ4n) is 4.57. The van der Waals surface area contributed by atoms with Crippen LogP contribution in [-0.2, 0) is 20.0 Å². The largest absolute Gasteiger partial charge is 0.497 e. The van der Waals surface area contributed by atoms with Crippen molar-refractivity contribution < 1.29 is 33.7 Å². The summed E-state index contributed by atoms with van der Waals surface area (Å²) in [7, 11) is 3.12. The highest BCUT2D eigenvalue weighted by molar-refractivity contribution is 6.57. The van der Waals surface area contributed by atoms with Gasteiger partial charge in [0.15, 0.2) is 5.60 Å². The van der Waals surface area contributed by atoms with Crippen LogP contribution in [0.5, 0.6) is 11.5 Å². The number of hydroxylamine groups is 2. The number of amides is 2. The second-order valence-electron chi connectivity index (χ2n) is 10.3. The van der Waals surface area contributed by atoms with Crippen LogP contribution in [-0.4, -0.2) is 60.1 Å². The topological polar surface area (TPSA) is 107 Å². The molecule has 9 nitrogen and oxygen atoms in total. The Morgan fingerprint density at radius 1 is 0.795 bits per heavy atom. The third-order valence-corrected chi connectivity index (χ3v) is 7.41. The van der Waals surface area contributed by atoms with Crippen molar-refractivity contribution in [3.8, 4) is 11.5 Å². The molecule has 0 aromatic heterocycles. The Kier molecular flexibility index (Phi) is 13.1. The number of benzene rings is 3. The van der Waals surface area contributed by atoms with Gasteiger partial charge >= 0.3 is 16.5 Å². The molecular weight excluding hydrogens is 607 g/mol. The number of rotatable bonds is 16. The number of alkyl halides is 2. The van der Waals surface area contributed by atoms with E-state index in [0.717, 1.165) is 12.8 Å². The molecule has 3 aromatic rings. The summed E-state index contributed by atoms with van der Waals surface area (Å²) < 4.78 is 13.5. The van der Waals surface area contributed by atoms with Crippen molar-refractivity contribution in [2.75, 3.05) is 27.4 Å². The summed E-state index contributed by atoms with van der Waals surface area (Å²) in [6, 6.07) is 22.6. The molecule has 0 saturated heterocycles. The third-order valence-electron chi connectivity index (χ3n) is 6.79. The Morgan fingerprint density at radius 2 is 1.30 bits per heavy atom. The van der Waals surface area contributed by atoms with E-state index >= 15 is 0 Å². The van der Waals surface area contributed by atoms with Gasteiger partial charge in [-0.25, -0.2) is 14.4 Å². The molecule has 0 spiro atoms. The molecule has 0 heterocycles. The maximum Gasteiger partial charge on any atom is 0.366 e. The average molecular weight is 648 g/mol. The zero-order chi connectivity index (χ0) is 32.2. The predicted molar refractivity (Wildman–Crippen MR) is 170 cm³/mol. The molecule has 44 heavy (non-hydrogen) atoms. The number of methoxy groups -OCH3 is 2. The van der Waals surface area contributed by atoms with Gasteiger partial charge in [0.2, 0.25) is 0 Å². The molecule has 0 bridgehead atoms. The van der Waals surface area contributed by atoms with E-state index in [1.807, 2.05) is 30.3 Å². The fraction of sp³-hybridized carbons (Fsp3) is 0.394. The second kappa shape index (κ2) is 16.5. The molecule has 0 atom stereocenters. The lowest BCUT2D eigenvalue weighted by atomic mass is 9.80. The molecule has 0 radical (unpaired) electrons. The number of aliphatic hydroxyl groups excluding tert-OH is 1. The molecule has 3 rings (SSSR count). The first kappa shape index (κ1) is 35.0. The van der Waals surface area contributed by atoms with Crippen LogP contribution in [0.4, 0.5) is 4.79 Å². The second-order valence-corrected chi connectivity index (χ2v) is 11.5. The highest BCUT2D eigenvalue weighted by atomic mass is 35.5. The number of ether oxygens (including phenoxy) is 3. The van der Waals surface area contributed by atoms with Gasteiger partial charge < -0.3 is 24.6 Å².